The topological polar surface area (TPSA) is 226 Å². The maximum atomic E-state index is 13.0. The van der Waals surface area contributed by atoms with Crippen LogP contribution in [0.3, 0.4) is 0 Å². The lowest BCUT2D eigenvalue weighted by Crippen LogP contribution is -2.45. The maximum absolute atomic E-state index is 13.0. The molecule has 416 valence electrons. The molecule has 6 rings (SSSR count). The predicted molar refractivity (Wildman–Crippen MR) is 281 cm³/mol. The van der Waals surface area contributed by atoms with Crippen LogP contribution in [0.1, 0.15) is 147 Å². The van der Waals surface area contributed by atoms with E-state index in [-0.39, 0.29) is 48.7 Å². The van der Waals surface area contributed by atoms with E-state index in [1.807, 2.05) is 62.6 Å². The fraction of sp³-hybridized carbons (Fsp3) is 0.607. The van der Waals surface area contributed by atoms with Crippen molar-refractivity contribution in [1.29, 1.82) is 0 Å². The van der Waals surface area contributed by atoms with Gasteiger partial charge in [0.25, 0.3) is 0 Å². The van der Waals surface area contributed by atoms with Crippen molar-refractivity contribution in [3.05, 3.63) is 85.2 Å². The van der Waals surface area contributed by atoms with Crippen molar-refractivity contribution >= 4 is 36.3 Å². The molecular weight excluding hydrogens is 977 g/mol. The minimum atomic E-state index is -0.884. The maximum Gasteiger partial charge on any atom is 0.419 e. The highest BCUT2D eigenvalue weighted by Crippen LogP contribution is 2.59. The number of imidazole rings is 2. The highest BCUT2D eigenvalue weighted by atomic mass is 16.6. The molecule has 0 aliphatic heterocycles. The van der Waals surface area contributed by atoms with Crippen LogP contribution in [0.25, 0.3) is 11.6 Å². The quantitative estimate of drug-likeness (QED) is 0.0751. The Bertz CT molecular complexity index is 2390. The van der Waals surface area contributed by atoms with Gasteiger partial charge in [0.15, 0.2) is 0 Å². The molecule has 76 heavy (non-hydrogen) atoms. The molecule has 20 nitrogen and oxygen atoms in total. The lowest BCUT2D eigenvalue weighted by Gasteiger charge is -2.30. The Balaban J connectivity index is 0.000000281. The highest BCUT2D eigenvalue weighted by Gasteiger charge is 2.65. The molecule has 0 spiro atoms. The van der Waals surface area contributed by atoms with Crippen molar-refractivity contribution < 1.29 is 57.2 Å². The van der Waals surface area contributed by atoms with Crippen LogP contribution in [0.4, 0.5) is 19.2 Å². The SMILES string of the molecule is CC[C@H](C[C@@H]1C[C@@]1(C(=O)OC)c1cn(-c2ccccn2)cn1)CN(C(=O)OC(C)(C)C)C(=O)OC(C)(C)C.CC[C@H](C[C@H]1CC1(C(=O)OC)c1cn(-c2ccccn2)cn1)CN(C(=O)OC(C)(C)C)C(=O)OC(C)(C)C. The van der Waals surface area contributed by atoms with E-state index in [9.17, 15) is 28.8 Å². The molecule has 6 atom stereocenters. The van der Waals surface area contributed by atoms with E-state index in [0.29, 0.717) is 61.5 Å². The van der Waals surface area contributed by atoms with Gasteiger partial charge in [0.2, 0.25) is 0 Å². The molecule has 2 aliphatic carbocycles. The number of amides is 4. The molecule has 0 bridgehead atoms. The van der Waals surface area contributed by atoms with Gasteiger partial charge in [0.1, 0.15) is 57.5 Å². The first-order valence-corrected chi connectivity index (χ1v) is 26.0. The zero-order valence-electron chi connectivity index (χ0n) is 47.4. The Morgan fingerprint density at radius 2 is 0.855 bits per heavy atom. The second-order valence-electron chi connectivity index (χ2n) is 23.6. The summed E-state index contributed by atoms with van der Waals surface area (Å²) < 4.78 is 36.0. The standard InChI is InChI=1S/2C28H40N4O6/c2*1-9-19(16-32(24(34)37-26(2,3)4)25(35)38-27(5,6)7)14-20-15-28(20,23(33)36-8)21-17-31(18-30-21)22-12-10-11-13-29-22/h2*10-13,17-20H,9,14-16H2,1-8H3/t19-,20+,28?;19-,20-,28+/m11/s1. The lowest BCUT2D eigenvalue weighted by atomic mass is 9.92. The summed E-state index contributed by atoms with van der Waals surface area (Å²) in [5.74, 6) is 0.381. The van der Waals surface area contributed by atoms with Crippen LogP contribution in [-0.2, 0) is 48.8 Å². The van der Waals surface area contributed by atoms with E-state index in [1.54, 1.807) is 117 Å². The number of imide groups is 2. The largest absolute Gasteiger partial charge is 0.468 e. The number of rotatable bonds is 16. The number of hydrogen-bond donors (Lipinski definition) is 0. The van der Waals surface area contributed by atoms with Crippen LogP contribution >= 0.6 is 0 Å². The smallest absolute Gasteiger partial charge is 0.419 e. The molecule has 0 saturated heterocycles. The Kier molecular flexibility index (Phi) is 18.9. The van der Waals surface area contributed by atoms with E-state index in [2.05, 4.69) is 19.9 Å². The summed E-state index contributed by atoms with van der Waals surface area (Å²) in [6.07, 6.45) is 10.9. The summed E-state index contributed by atoms with van der Waals surface area (Å²) in [6.45, 7) is 25.1. The molecule has 2 aliphatic rings. The van der Waals surface area contributed by atoms with Crippen LogP contribution in [0, 0.1) is 23.7 Å². The first kappa shape index (κ1) is 60.0. The van der Waals surface area contributed by atoms with Crippen molar-refractivity contribution in [3.8, 4) is 11.6 Å². The molecule has 2 saturated carbocycles. The Morgan fingerprint density at radius 3 is 1.11 bits per heavy atom. The number of carbonyl (C=O) groups is 6. The van der Waals surface area contributed by atoms with E-state index in [1.165, 1.54) is 14.2 Å². The van der Waals surface area contributed by atoms with E-state index < -0.39 is 57.6 Å². The second kappa shape index (κ2) is 24.0. The van der Waals surface area contributed by atoms with Crippen LogP contribution in [0.5, 0.6) is 0 Å². The van der Waals surface area contributed by atoms with Crippen LogP contribution < -0.4 is 0 Å². The first-order chi connectivity index (χ1) is 35.4. The summed E-state index contributed by atoms with van der Waals surface area (Å²) in [6, 6.07) is 11.1. The molecule has 0 aromatic carbocycles. The lowest BCUT2D eigenvalue weighted by molar-refractivity contribution is -0.145. The van der Waals surface area contributed by atoms with E-state index >= 15 is 0 Å². The van der Waals surface area contributed by atoms with E-state index in [4.69, 9.17) is 28.4 Å². The minimum absolute atomic E-state index is 0.0638. The van der Waals surface area contributed by atoms with Gasteiger partial charge < -0.3 is 28.4 Å². The van der Waals surface area contributed by atoms with Crippen molar-refractivity contribution in [2.45, 2.75) is 169 Å². The fourth-order valence-corrected chi connectivity index (χ4v) is 9.08. The third-order valence-corrected chi connectivity index (χ3v) is 12.9. The van der Waals surface area contributed by atoms with Gasteiger partial charge in [-0.15, -0.1) is 0 Å². The Hall–Kier alpha value is -6.86. The number of pyridine rings is 2. The fourth-order valence-electron chi connectivity index (χ4n) is 9.08. The molecule has 0 radical (unpaired) electrons. The third kappa shape index (κ3) is 15.6. The van der Waals surface area contributed by atoms with Crippen LogP contribution in [-0.4, -0.2) is 125 Å². The Morgan fingerprint density at radius 1 is 0.539 bits per heavy atom. The number of esters is 2. The average Bonchev–Trinajstić information content (AvgIpc) is 4.05. The number of hydrogen-bond acceptors (Lipinski definition) is 16. The van der Waals surface area contributed by atoms with Crippen LogP contribution in [0.2, 0.25) is 0 Å². The predicted octanol–water partition coefficient (Wildman–Crippen LogP) is 10.6. The van der Waals surface area contributed by atoms with Gasteiger partial charge in [-0.05, 0) is 157 Å². The monoisotopic (exact) mass is 1060 g/mol. The zero-order chi connectivity index (χ0) is 56.6. The van der Waals surface area contributed by atoms with Gasteiger partial charge in [-0.1, -0.05) is 38.8 Å². The molecule has 2 fully saturated rings. The Labute approximate surface area is 447 Å². The summed E-state index contributed by atoms with van der Waals surface area (Å²) in [7, 11) is 2.75. The molecule has 4 amide bonds. The van der Waals surface area contributed by atoms with Crippen LogP contribution in [0.15, 0.2) is 73.8 Å². The number of ether oxygens (including phenoxy) is 6. The summed E-state index contributed by atoms with van der Waals surface area (Å²) in [5, 5.41) is 0. The average molecular weight is 1060 g/mol. The first-order valence-electron chi connectivity index (χ1n) is 26.0. The number of methoxy groups -OCH3 is 2. The number of carbonyl (C=O) groups excluding carboxylic acids is 6. The molecule has 20 heteroatoms. The zero-order valence-corrected chi connectivity index (χ0v) is 47.4. The van der Waals surface area contributed by atoms with Gasteiger partial charge >= 0.3 is 36.3 Å². The van der Waals surface area contributed by atoms with Crippen molar-refractivity contribution in [3.63, 3.8) is 0 Å². The molecule has 1 unspecified atom stereocenters. The molecule has 4 heterocycles. The summed E-state index contributed by atoms with van der Waals surface area (Å²) >= 11 is 0. The molecule has 4 aromatic heterocycles. The summed E-state index contributed by atoms with van der Waals surface area (Å²) in [4.78, 5) is 97.8. The van der Waals surface area contributed by atoms with Gasteiger partial charge in [0, 0.05) is 37.9 Å². The molecular formula is C56H80N8O12. The number of aromatic nitrogens is 6. The normalized spacial score (nSPS) is 19.8. The second-order valence-corrected chi connectivity index (χ2v) is 23.6. The van der Waals surface area contributed by atoms with Gasteiger partial charge in [-0.25, -0.2) is 48.9 Å². The van der Waals surface area contributed by atoms with Crippen molar-refractivity contribution in [2.75, 3.05) is 27.3 Å². The number of nitrogens with zero attached hydrogens (tertiary/aromatic N) is 8. The van der Waals surface area contributed by atoms with E-state index in [0.717, 1.165) is 9.80 Å². The third-order valence-electron chi connectivity index (χ3n) is 12.9. The van der Waals surface area contributed by atoms with Gasteiger partial charge in [-0.3, -0.25) is 18.7 Å². The van der Waals surface area contributed by atoms with Gasteiger partial charge in [0.05, 0.1) is 25.6 Å². The van der Waals surface area contributed by atoms with Crippen molar-refractivity contribution in [1.82, 2.24) is 38.9 Å². The highest BCUT2D eigenvalue weighted by molar-refractivity contribution is 5.89. The molecule has 0 N–H and O–H groups in total. The van der Waals surface area contributed by atoms with Gasteiger partial charge in [-0.2, -0.15) is 0 Å². The van der Waals surface area contributed by atoms with Crippen molar-refractivity contribution in [2.24, 2.45) is 23.7 Å². The minimum Gasteiger partial charge on any atom is -0.468 e. The molecule has 4 aromatic rings. The summed E-state index contributed by atoms with van der Waals surface area (Å²) in [5.41, 5.74) is -3.64.